The molecular weight excluding hydrogens is 202 g/mol. The zero-order valence-corrected chi connectivity index (χ0v) is 10.3. The predicted molar refractivity (Wildman–Crippen MR) is 66.5 cm³/mol. The maximum atomic E-state index is 11.4. The van der Waals surface area contributed by atoms with Crippen molar-refractivity contribution in [2.75, 3.05) is 13.1 Å². The molecule has 0 saturated heterocycles. The van der Waals surface area contributed by atoms with Crippen molar-refractivity contribution in [3.8, 4) is 0 Å². The van der Waals surface area contributed by atoms with Gasteiger partial charge in [-0.25, -0.2) is 0 Å². The van der Waals surface area contributed by atoms with E-state index in [1.165, 1.54) is 0 Å². The van der Waals surface area contributed by atoms with E-state index in [9.17, 15) is 4.79 Å². The van der Waals surface area contributed by atoms with Crippen LogP contribution in [0.4, 0.5) is 0 Å². The van der Waals surface area contributed by atoms with E-state index < -0.39 is 0 Å². The Hall–Kier alpha value is -1.13. The summed E-state index contributed by atoms with van der Waals surface area (Å²) in [7, 11) is 0. The van der Waals surface area contributed by atoms with E-state index in [0.717, 1.165) is 18.7 Å². The summed E-state index contributed by atoms with van der Waals surface area (Å²) >= 11 is 0. The SMILES string of the molecule is CC(C)(C)NCCNCc1c[nH]ccc1=O. The molecule has 4 heteroatoms. The van der Waals surface area contributed by atoms with Crippen LogP contribution in [0.1, 0.15) is 26.3 Å². The Morgan fingerprint density at radius 2 is 2.06 bits per heavy atom. The zero-order chi connectivity index (χ0) is 12.0. The van der Waals surface area contributed by atoms with Gasteiger partial charge in [0.1, 0.15) is 0 Å². The number of pyridine rings is 1. The molecule has 0 aliphatic heterocycles. The Bertz CT molecular complexity index is 365. The third kappa shape index (κ3) is 5.09. The minimum absolute atomic E-state index is 0.0787. The van der Waals surface area contributed by atoms with E-state index in [4.69, 9.17) is 0 Å². The smallest absolute Gasteiger partial charge is 0.186 e. The summed E-state index contributed by atoms with van der Waals surface area (Å²) < 4.78 is 0. The molecule has 0 spiro atoms. The average Bonchev–Trinajstić information content (AvgIpc) is 2.18. The van der Waals surface area contributed by atoms with Crippen LogP contribution in [0.15, 0.2) is 23.3 Å². The molecule has 1 aromatic rings. The van der Waals surface area contributed by atoms with Gasteiger partial charge in [0.2, 0.25) is 0 Å². The Labute approximate surface area is 96.5 Å². The maximum absolute atomic E-state index is 11.4. The fourth-order valence-electron chi connectivity index (χ4n) is 1.34. The average molecular weight is 223 g/mol. The van der Waals surface area contributed by atoms with Crippen LogP contribution in [0.25, 0.3) is 0 Å². The van der Waals surface area contributed by atoms with Crippen molar-refractivity contribution in [3.63, 3.8) is 0 Å². The second-order valence-electron chi connectivity index (χ2n) is 4.89. The van der Waals surface area contributed by atoms with E-state index in [1.54, 1.807) is 18.5 Å². The molecule has 3 N–H and O–H groups in total. The molecule has 0 atom stereocenters. The minimum atomic E-state index is 0.0787. The van der Waals surface area contributed by atoms with E-state index >= 15 is 0 Å². The first kappa shape index (κ1) is 12.9. The van der Waals surface area contributed by atoms with Crippen LogP contribution in [-0.2, 0) is 6.54 Å². The predicted octanol–water partition coefficient (Wildman–Crippen LogP) is 0.853. The molecule has 0 aliphatic rings. The molecule has 1 aromatic heterocycles. The monoisotopic (exact) mass is 223 g/mol. The van der Waals surface area contributed by atoms with E-state index in [2.05, 4.69) is 36.4 Å². The highest BCUT2D eigenvalue weighted by Gasteiger charge is 2.06. The molecule has 0 bridgehead atoms. The van der Waals surface area contributed by atoms with Crippen molar-refractivity contribution < 1.29 is 0 Å². The van der Waals surface area contributed by atoms with Crippen LogP contribution >= 0.6 is 0 Å². The van der Waals surface area contributed by atoms with Crippen LogP contribution in [0.5, 0.6) is 0 Å². The topological polar surface area (TPSA) is 56.9 Å². The molecule has 0 fully saturated rings. The van der Waals surface area contributed by atoms with Crippen molar-refractivity contribution in [3.05, 3.63) is 34.2 Å². The normalized spacial score (nSPS) is 11.7. The zero-order valence-electron chi connectivity index (χ0n) is 10.3. The van der Waals surface area contributed by atoms with E-state index in [1.807, 2.05) is 0 Å². The number of hydrogen-bond acceptors (Lipinski definition) is 3. The summed E-state index contributed by atoms with van der Waals surface area (Å²) in [5.74, 6) is 0. The highest BCUT2D eigenvalue weighted by atomic mass is 16.1. The summed E-state index contributed by atoms with van der Waals surface area (Å²) in [4.78, 5) is 14.3. The molecule has 0 radical (unpaired) electrons. The fraction of sp³-hybridized carbons (Fsp3) is 0.583. The fourth-order valence-corrected chi connectivity index (χ4v) is 1.34. The number of aromatic nitrogens is 1. The lowest BCUT2D eigenvalue weighted by Gasteiger charge is -2.20. The summed E-state index contributed by atoms with van der Waals surface area (Å²) in [6, 6.07) is 1.55. The van der Waals surface area contributed by atoms with Gasteiger partial charge >= 0.3 is 0 Å². The Balaban J connectivity index is 2.22. The summed E-state index contributed by atoms with van der Waals surface area (Å²) in [5, 5.41) is 6.61. The molecule has 0 amide bonds. The molecule has 4 nitrogen and oxygen atoms in total. The second kappa shape index (κ2) is 5.82. The quantitative estimate of drug-likeness (QED) is 0.649. The molecule has 0 unspecified atom stereocenters. The van der Waals surface area contributed by atoms with Crippen LogP contribution in [0.2, 0.25) is 0 Å². The van der Waals surface area contributed by atoms with Gasteiger partial charge in [-0.05, 0) is 20.8 Å². The first-order valence-corrected chi connectivity index (χ1v) is 5.61. The first-order valence-electron chi connectivity index (χ1n) is 5.61. The number of aromatic amines is 1. The van der Waals surface area contributed by atoms with Crippen molar-refractivity contribution in [2.24, 2.45) is 0 Å². The lowest BCUT2D eigenvalue weighted by Crippen LogP contribution is -2.40. The van der Waals surface area contributed by atoms with Gasteiger partial charge in [0.05, 0.1) is 0 Å². The molecule has 0 aromatic carbocycles. The van der Waals surface area contributed by atoms with Gasteiger partial charge in [-0.2, -0.15) is 0 Å². The van der Waals surface area contributed by atoms with E-state index in [-0.39, 0.29) is 11.0 Å². The van der Waals surface area contributed by atoms with Gasteiger partial charge in [-0.15, -0.1) is 0 Å². The van der Waals surface area contributed by atoms with Crippen LogP contribution in [0, 0.1) is 0 Å². The Morgan fingerprint density at radius 1 is 1.31 bits per heavy atom. The van der Waals surface area contributed by atoms with Crippen LogP contribution in [-0.4, -0.2) is 23.6 Å². The van der Waals surface area contributed by atoms with Crippen LogP contribution in [0.3, 0.4) is 0 Å². The molecule has 0 aliphatic carbocycles. The second-order valence-corrected chi connectivity index (χ2v) is 4.89. The van der Waals surface area contributed by atoms with Gasteiger partial charge in [-0.3, -0.25) is 4.79 Å². The lowest BCUT2D eigenvalue weighted by molar-refractivity contribution is 0.421. The van der Waals surface area contributed by atoms with Crippen molar-refractivity contribution in [1.29, 1.82) is 0 Å². The van der Waals surface area contributed by atoms with Gasteiger partial charge in [-0.1, -0.05) is 0 Å². The summed E-state index contributed by atoms with van der Waals surface area (Å²) in [6.45, 7) is 8.76. The van der Waals surface area contributed by atoms with Gasteiger partial charge < -0.3 is 15.6 Å². The Morgan fingerprint density at radius 3 is 2.69 bits per heavy atom. The highest BCUT2D eigenvalue weighted by molar-refractivity contribution is 5.08. The maximum Gasteiger partial charge on any atom is 0.186 e. The van der Waals surface area contributed by atoms with Gasteiger partial charge in [0.25, 0.3) is 0 Å². The van der Waals surface area contributed by atoms with Crippen molar-refractivity contribution in [1.82, 2.24) is 15.6 Å². The van der Waals surface area contributed by atoms with Gasteiger partial charge in [0.15, 0.2) is 5.43 Å². The minimum Gasteiger partial charge on any atom is -0.367 e. The molecule has 0 saturated carbocycles. The number of nitrogens with one attached hydrogen (secondary N) is 3. The van der Waals surface area contributed by atoms with Crippen molar-refractivity contribution >= 4 is 0 Å². The number of rotatable bonds is 5. The molecule has 1 rings (SSSR count). The lowest BCUT2D eigenvalue weighted by atomic mass is 10.1. The molecule has 16 heavy (non-hydrogen) atoms. The molecular formula is C12H21N3O. The highest BCUT2D eigenvalue weighted by Crippen LogP contribution is 1.96. The van der Waals surface area contributed by atoms with Crippen LogP contribution < -0.4 is 16.1 Å². The van der Waals surface area contributed by atoms with E-state index in [0.29, 0.717) is 6.54 Å². The summed E-state index contributed by atoms with van der Waals surface area (Å²) in [6.07, 6.45) is 3.39. The molecule has 90 valence electrons. The largest absolute Gasteiger partial charge is 0.367 e. The summed E-state index contributed by atoms with van der Waals surface area (Å²) in [5.41, 5.74) is 1.000. The van der Waals surface area contributed by atoms with Gasteiger partial charge in [0, 0.05) is 49.2 Å². The Kier molecular flexibility index (Phi) is 4.71. The standard InChI is InChI=1S/C12H21N3O/c1-12(2,3)15-7-6-14-9-10-8-13-5-4-11(10)16/h4-5,8,14-15H,6-7,9H2,1-3H3,(H,13,16). The number of H-pyrrole nitrogens is 1. The third-order valence-corrected chi connectivity index (χ3v) is 2.18. The van der Waals surface area contributed by atoms with Crippen molar-refractivity contribution in [2.45, 2.75) is 32.9 Å². The third-order valence-electron chi connectivity index (χ3n) is 2.18. The number of hydrogen-bond donors (Lipinski definition) is 3. The first-order chi connectivity index (χ1) is 7.49. The molecule has 1 heterocycles.